The van der Waals surface area contributed by atoms with E-state index in [0.717, 1.165) is 6.42 Å². The quantitative estimate of drug-likeness (QED) is 0.853. The van der Waals surface area contributed by atoms with Crippen molar-refractivity contribution in [3.05, 3.63) is 29.8 Å². The van der Waals surface area contributed by atoms with Gasteiger partial charge in [-0.25, -0.2) is 4.79 Å². The van der Waals surface area contributed by atoms with Crippen LogP contribution in [-0.2, 0) is 4.79 Å². The van der Waals surface area contributed by atoms with Crippen molar-refractivity contribution in [2.24, 2.45) is 0 Å². The average Bonchev–Trinajstić information content (AvgIpc) is 2.45. The van der Waals surface area contributed by atoms with Crippen LogP contribution in [0.2, 0.25) is 0 Å². The Balaban J connectivity index is 2.35. The molecule has 1 aromatic carbocycles. The predicted molar refractivity (Wildman–Crippen MR) is 73.1 cm³/mol. The normalized spacial score (nSPS) is 11.1. The first-order valence-electron chi connectivity index (χ1n) is 6.28. The topological polar surface area (TPSA) is 91.2 Å². The molecule has 0 aliphatic heterocycles. The van der Waals surface area contributed by atoms with E-state index in [1.807, 2.05) is 19.9 Å². The number of urea groups is 1. The molecule has 0 unspecified atom stereocenters. The zero-order valence-electron chi connectivity index (χ0n) is 11.5. The van der Waals surface area contributed by atoms with Gasteiger partial charge >= 0.3 is 6.03 Å². The second-order valence-electron chi connectivity index (χ2n) is 4.26. The lowest BCUT2D eigenvalue weighted by molar-refractivity contribution is -0.122. The van der Waals surface area contributed by atoms with E-state index < -0.39 is 11.9 Å². The summed E-state index contributed by atoms with van der Waals surface area (Å²) < 4.78 is 5.20. The molecule has 0 aromatic heterocycles. The molecule has 2 N–H and O–H groups in total. The molecule has 0 bridgehead atoms. The largest absolute Gasteiger partial charge is 0.484 e. The molecule has 1 rings (SSSR count). The predicted octanol–water partition coefficient (Wildman–Crippen LogP) is 1.56. The molecule has 0 spiro atoms. The van der Waals surface area contributed by atoms with Crippen LogP contribution >= 0.6 is 0 Å². The molecule has 0 aliphatic rings. The molecular weight excluding hydrogens is 258 g/mol. The number of nitrogens with one attached hydrogen (secondary N) is 2. The number of nitriles is 1. The van der Waals surface area contributed by atoms with Crippen molar-refractivity contribution in [2.45, 2.75) is 26.3 Å². The van der Waals surface area contributed by atoms with Crippen LogP contribution in [0, 0.1) is 11.3 Å². The summed E-state index contributed by atoms with van der Waals surface area (Å²) in [6.07, 6.45) is 0.781. The van der Waals surface area contributed by atoms with Crippen molar-refractivity contribution >= 4 is 11.9 Å². The number of amides is 3. The fraction of sp³-hybridized carbons (Fsp3) is 0.357. The van der Waals surface area contributed by atoms with Crippen LogP contribution in [0.4, 0.5) is 4.79 Å². The van der Waals surface area contributed by atoms with E-state index in [1.54, 1.807) is 24.3 Å². The van der Waals surface area contributed by atoms with Gasteiger partial charge in [0.05, 0.1) is 11.6 Å². The van der Waals surface area contributed by atoms with Crippen LogP contribution in [0.25, 0.3) is 0 Å². The number of rotatable bonds is 5. The third-order valence-corrected chi connectivity index (χ3v) is 2.60. The highest BCUT2D eigenvalue weighted by Gasteiger charge is 2.10. The van der Waals surface area contributed by atoms with Crippen molar-refractivity contribution in [3.8, 4) is 11.8 Å². The van der Waals surface area contributed by atoms with Crippen LogP contribution in [0.3, 0.4) is 0 Å². The highest BCUT2D eigenvalue weighted by molar-refractivity contribution is 5.95. The SMILES string of the molecule is CC[C@H](C)NC(=O)NC(=O)COc1ccc(C#N)cc1. The number of carbonyl (C=O) groups excluding carboxylic acids is 2. The zero-order valence-corrected chi connectivity index (χ0v) is 11.5. The highest BCUT2D eigenvalue weighted by atomic mass is 16.5. The van der Waals surface area contributed by atoms with Gasteiger partial charge in [0, 0.05) is 6.04 Å². The molecule has 6 nitrogen and oxygen atoms in total. The molecule has 106 valence electrons. The van der Waals surface area contributed by atoms with Gasteiger partial charge in [-0.15, -0.1) is 0 Å². The molecule has 0 saturated heterocycles. The Bertz CT molecular complexity index is 505. The first-order valence-corrected chi connectivity index (χ1v) is 6.28. The number of benzene rings is 1. The van der Waals surface area contributed by atoms with Crippen molar-refractivity contribution < 1.29 is 14.3 Å². The summed E-state index contributed by atoms with van der Waals surface area (Å²) in [4.78, 5) is 22.9. The third kappa shape index (κ3) is 5.40. The summed E-state index contributed by atoms with van der Waals surface area (Å²) in [6, 6.07) is 7.80. The summed E-state index contributed by atoms with van der Waals surface area (Å²) >= 11 is 0. The lowest BCUT2D eigenvalue weighted by Crippen LogP contribution is -2.44. The van der Waals surface area contributed by atoms with Gasteiger partial charge < -0.3 is 10.1 Å². The van der Waals surface area contributed by atoms with Crippen molar-refractivity contribution in [1.82, 2.24) is 10.6 Å². The number of hydrogen-bond acceptors (Lipinski definition) is 4. The van der Waals surface area contributed by atoms with E-state index in [-0.39, 0.29) is 12.6 Å². The Kier molecular flexibility index (Phi) is 6.04. The summed E-state index contributed by atoms with van der Waals surface area (Å²) in [7, 11) is 0. The van der Waals surface area contributed by atoms with Gasteiger partial charge in [-0.1, -0.05) is 6.92 Å². The fourth-order valence-electron chi connectivity index (χ4n) is 1.30. The van der Waals surface area contributed by atoms with Crippen molar-refractivity contribution in [3.63, 3.8) is 0 Å². The maximum Gasteiger partial charge on any atom is 0.321 e. The first-order chi connectivity index (χ1) is 9.55. The first kappa shape index (κ1) is 15.5. The Hall–Kier alpha value is -2.55. The molecular formula is C14H17N3O3. The smallest absolute Gasteiger partial charge is 0.321 e. The lowest BCUT2D eigenvalue weighted by atomic mass is 10.2. The molecule has 1 atom stereocenters. The van der Waals surface area contributed by atoms with Crippen LogP contribution in [0.15, 0.2) is 24.3 Å². The van der Waals surface area contributed by atoms with Crippen LogP contribution < -0.4 is 15.4 Å². The molecule has 20 heavy (non-hydrogen) atoms. The monoisotopic (exact) mass is 275 g/mol. The second kappa shape index (κ2) is 7.79. The Morgan fingerprint density at radius 1 is 1.35 bits per heavy atom. The molecule has 0 heterocycles. The Morgan fingerprint density at radius 3 is 2.55 bits per heavy atom. The van der Waals surface area contributed by atoms with E-state index in [0.29, 0.717) is 11.3 Å². The maximum atomic E-state index is 11.5. The van der Waals surface area contributed by atoms with E-state index >= 15 is 0 Å². The van der Waals surface area contributed by atoms with Gasteiger partial charge in [0.15, 0.2) is 6.61 Å². The minimum atomic E-state index is -0.534. The van der Waals surface area contributed by atoms with Gasteiger partial charge in [0.25, 0.3) is 5.91 Å². The number of hydrogen-bond donors (Lipinski definition) is 2. The van der Waals surface area contributed by atoms with E-state index in [1.165, 1.54) is 0 Å². The molecule has 6 heteroatoms. The minimum absolute atomic E-state index is 0.00208. The van der Waals surface area contributed by atoms with Crippen molar-refractivity contribution in [2.75, 3.05) is 6.61 Å². The number of nitrogens with zero attached hydrogens (tertiary/aromatic N) is 1. The Morgan fingerprint density at radius 2 is 2.00 bits per heavy atom. The standard InChI is InChI=1S/C14H17N3O3/c1-3-10(2)16-14(19)17-13(18)9-20-12-6-4-11(8-15)5-7-12/h4-7,10H,3,9H2,1-2H3,(H2,16,17,18,19)/t10-/m0/s1. The third-order valence-electron chi connectivity index (χ3n) is 2.60. The highest BCUT2D eigenvalue weighted by Crippen LogP contribution is 2.11. The van der Waals surface area contributed by atoms with Gasteiger partial charge in [-0.05, 0) is 37.6 Å². The summed E-state index contributed by atoms with van der Waals surface area (Å²) in [5, 5.41) is 13.4. The average molecular weight is 275 g/mol. The van der Waals surface area contributed by atoms with Gasteiger partial charge in [-0.3, -0.25) is 10.1 Å². The molecule has 3 amide bonds. The number of carbonyl (C=O) groups is 2. The van der Waals surface area contributed by atoms with E-state index in [4.69, 9.17) is 10.00 Å². The molecule has 0 fully saturated rings. The summed E-state index contributed by atoms with van der Waals surface area (Å²) in [5.41, 5.74) is 0.509. The Labute approximate surface area is 117 Å². The summed E-state index contributed by atoms with van der Waals surface area (Å²) in [5.74, 6) is -0.0725. The second-order valence-corrected chi connectivity index (χ2v) is 4.26. The number of ether oxygens (including phenoxy) is 1. The molecule has 1 aromatic rings. The zero-order chi connectivity index (χ0) is 15.0. The van der Waals surface area contributed by atoms with Crippen molar-refractivity contribution in [1.29, 1.82) is 5.26 Å². The molecule has 0 radical (unpaired) electrons. The molecule has 0 aliphatic carbocycles. The van der Waals surface area contributed by atoms with E-state index in [9.17, 15) is 9.59 Å². The molecule has 0 saturated carbocycles. The van der Waals surface area contributed by atoms with Gasteiger partial charge in [0.1, 0.15) is 5.75 Å². The van der Waals surface area contributed by atoms with Gasteiger partial charge in [0.2, 0.25) is 0 Å². The summed E-state index contributed by atoms with van der Waals surface area (Å²) in [6.45, 7) is 3.51. The minimum Gasteiger partial charge on any atom is -0.484 e. The maximum absolute atomic E-state index is 11.5. The number of imide groups is 1. The lowest BCUT2D eigenvalue weighted by Gasteiger charge is -2.12. The van der Waals surface area contributed by atoms with E-state index in [2.05, 4.69) is 10.6 Å². The van der Waals surface area contributed by atoms with Crippen LogP contribution in [0.5, 0.6) is 5.75 Å². The van der Waals surface area contributed by atoms with Crippen LogP contribution in [0.1, 0.15) is 25.8 Å². The van der Waals surface area contributed by atoms with Gasteiger partial charge in [-0.2, -0.15) is 5.26 Å². The fourth-order valence-corrected chi connectivity index (χ4v) is 1.30. The van der Waals surface area contributed by atoms with Crippen LogP contribution in [-0.4, -0.2) is 24.6 Å².